The number of carbonyl (C=O) groups is 1. The van der Waals surface area contributed by atoms with Crippen molar-refractivity contribution in [2.75, 3.05) is 5.73 Å². The smallest absolute Gasteiger partial charge is 0.264 e. The van der Waals surface area contributed by atoms with Gasteiger partial charge in [-0.2, -0.15) is 0 Å². The Bertz CT molecular complexity index is 2030. The lowest BCUT2D eigenvalue weighted by Gasteiger charge is -2.21. The molecule has 0 saturated carbocycles. The zero-order valence-corrected chi connectivity index (χ0v) is 22.4. The molecule has 40 heavy (non-hydrogen) atoms. The van der Waals surface area contributed by atoms with Gasteiger partial charge in [-0.25, -0.2) is 15.0 Å². The van der Waals surface area contributed by atoms with E-state index in [1.54, 1.807) is 27.6 Å². The number of aromatic nitrogens is 5. The Kier molecular flexibility index (Phi) is 6.34. The van der Waals surface area contributed by atoms with Crippen molar-refractivity contribution in [2.24, 2.45) is 0 Å². The molecule has 2 aromatic carbocycles. The van der Waals surface area contributed by atoms with E-state index in [-0.39, 0.29) is 16.9 Å². The molecule has 0 aliphatic heterocycles. The fraction of sp³-hybridized carbons (Fsp3) is 0.100. The summed E-state index contributed by atoms with van der Waals surface area (Å²) in [6.45, 7) is 3.75. The number of rotatable bonds is 4. The highest BCUT2D eigenvalue weighted by Crippen LogP contribution is 2.24. The third-order valence-corrected chi connectivity index (χ3v) is 7.35. The molecule has 0 spiro atoms. The lowest BCUT2D eigenvalue weighted by atomic mass is 10.0. The van der Waals surface area contributed by atoms with Crippen LogP contribution >= 0.6 is 11.3 Å². The maximum absolute atomic E-state index is 14.2. The first-order chi connectivity index (χ1) is 19.4. The van der Waals surface area contributed by atoms with E-state index in [2.05, 4.69) is 32.1 Å². The van der Waals surface area contributed by atoms with Crippen LogP contribution in [0, 0.1) is 18.8 Å². The number of carbonyl (C=O) groups excluding carboxylic acids is 1. The molecule has 1 amide bonds. The summed E-state index contributed by atoms with van der Waals surface area (Å²) in [5.41, 5.74) is 8.29. The summed E-state index contributed by atoms with van der Waals surface area (Å²) in [6, 6.07) is 16.2. The molecule has 9 nitrogen and oxygen atoms in total. The molecule has 1 atom stereocenters. The van der Waals surface area contributed by atoms with Crippen LogP contribution in [-0.2, 0) is 0 Å². The van der Waals surface area contributed by atoms with Gasteiger partial charge in [0.2, 0.25) is 0 Å². The average molecular weight is 546 g/mol. The summed E-state index contributed by atoms with van der Waals surface area (Å²) in [7, 11) is 0. The Labute approximate surface area is 233 Å². The molecule has 0 saturated heterocycles. The van der Waals surface area contributed by atoms with Gasteiger partial charge in [-0.15, -0.1) is 11.3 Å². The summed E-state index contributed by atoms with van der Waals surface area (Å²) >= 11 is 1.50. The molecule has 4 heterocycles. The van der Waals surface area contributed by atoms with Crippen LogP contribution < -0.4 is 16.6 Å². The van der Waals surface area contributed by atoms with Gasteiger partial charge in [-0.05, 0) is 49.4 Å². The maximum atomic E-state index is 14.2. The van der Waals surface area contributed by atoms with Crippen molar-refractivity contribution in [3.05, 3.63) is 117 Å². The van der Waals surface area contributed by atoms with Crippen LogP contribution in [0.3, 0.4) is 0 Å². The number of pyridine rings is 1. The zero-order chi connectivity index (χ0) is 27.8. The van der Waals surface area contributed by atoms with Gasteiger partial charge < -0.3 is 11.1 Å². The standard InChI is InChI=1S/C30H23N7O2S/c1-18(35-29(38)26-27(31)34-17-36-14-13-32-28(26)36)24-15-21-8-6-7-20(11-12-23-16-33-19(2)40-23)25(21)30(39)37(24)22-9-4-3-5-10-22/h3-10,13-18H,31H2,1-2H3,(H,35,38)/t18-/m0/s1. The maximum Gasteiger partial charge on any atom is 0.264 e. The number of nitrogens with one attached hydrogen (secondary N) is 1. The van der Waals surface area contributed by atoms with E-state index in [0.29, 0.717) is 28.0 Å². The summed E-state index contributed by atoms with van der Waals surface area (Å²) in [5.74, 6) is 5.93. The number of imidazole rings is 1. The Balaban J connectivity index is 1.48. The van der Waals surface area contributed by atoms with Gasteiger partial charge in [0.1, 0.15) is 17.7 Å². The second-order valence-electron chi connectivity index (χ2n) is 9.17. The van der Waals surface area contributed by atoms with Crippen LogP contribution in [0.15, 0.2) is 84.3 Å². The highest BCUT2D eigenvalue weighted by atomic mass is 32.1. The van der Waals surface area contributed by atoms with Crippen LogP contribution in [0.1, 0.15) is 44.5 Å². The first-order valence-corrected chi connectivity index (χ1v) is 13.3. The normalized spacial score (nSPS) is 11.8. The van der Waals surface area contributed by atoms with Crippen molar-refractivity contribution in [3.63, 3.8) is 0 Å². The fourth-order valence-electron chi connectivity index (χ4n) is 4.66. The molecule has 10 heteroatoms. The number of nitrogens with zero attached hydrogens (tertiary/aromatic N) is 5. The van der Waals surface area contributed by atoms with E-state index in [9.17, 15) is 9.59 Å². The van der Waals surface area contributed by atoms with Crippen molar-refractivity contribution < 1.29 is 4.79 Å². The molecule has 6 rings (SSSR count). The minimum atomic E-state index is -0.575. The second-order valence-corrected chi connectivity index (χ2v) is 10.4. The topological polar surface area (TPSA) is 120 Å². The van der Waals surface area contributed by atoms with Crippen LogP contribution in [0.2, 0.25) is 0 Å². The summed E-state index contributed by atoms with van der Waals surface area (Å²) in [4.78, 5) is 41.1. The Hall–Kier alpha value is -5.27. The monoisotopic (exact) mass is 545 g/mol. The van der Waals surface area contributed by atoms with E-state index in [1.165, 1.54) is 17.7 Å². The third-order valence-electron chi connectivity index (χ3n) is 6.52. The fourth-order valence-corrected chi connectivity index (χ4v) is 5.29. The van der Waals surface area contributed by atoms with Gasteiger partial charge in [-0.3, -0.25) is 18.6 Å². The van der Waals surface area contributed by atoms with Gasteiger partial charge in [0.25, 0.3) is 11.5 Å². The number of anilines is 1. The van der Waals surface area contributed by atoms with E-state index in [1.807, 2.05) is 68.4 Å². The largest absolute Gasteiger partial charge is 0.383 e. The van der Waals surface area contributed by atoms with Crippen LogP contribution in [0.4, 0.5) is 5.82 Å². The minimum absolute atomic E-state index is 0.0710. The van der Waals surface area contributed by atoms with Gasteiger partial charge in [0.15, 0.2) is 5.65 Å². The van der Waals surface area contributed by atoms with Crippen molar-refractivity contribution in [1.29, 1.82) is 0 Å². The van der Waals surface area contributed by atoms with Gasteiger partial charge in [0, 0.05) is 29.3 Å². The summed E-state index contributed by atoms with van der Waals surface area (Å²) in [6.07, 6.45) is 6.50. The first kappa shape index (κ1) is 25.0. The van der Waals surface area contributed by atoms with Crippen molar-refractivity contribution in [1.82, 2.24) is 29.2 Å². The molecule has 4 aromatic heterocycles. The number of aryl methyl sites for hydroxylation is 1. The molecule has 0 unspecified atom stereocenters. The molecule has 196 valence electrons. The highest BCUT2D eigenvalue weighted by Gasteiger charge is 2.23. The Morgan fingerprint density at radius 1 is 1.07 bits per heavy atom. The number of amides is 1. The van der Waals surface area contributed by atoms with E-state index in [0.717, 1.165) is 15.3 Å². The first-order valence-electron chi connectivity index (χ1n) is 12.5. The lowest BCUT2D eigenvalue weighted by molar-refractivity contribution is 0.0940. The second kappa shape index (κ2) is 10.1. The molecule has 0 bridgehead atoms. The predicted molar refractivity (Wildman–Crippen MR) is 156 cm³/mol. The van der Waals surface area contributed by atoms with E-state index < -0.39 is 11.9 Å². The number of thiazole rings is 1. The van der Waals surface area contributed by atoms with Crippen LogP contribution in [0.25, 0.3) is 22.1 Å². The third kappa shape index (κ3) is 4.48. The van der Waals surface area contributed by atoms with Crippen LogP contribution in [0.5, 0.6) is 0 Å². The lowest BCUT2D eigenvalue weighted by Crippen LogP contribution is -2.33. The Morgan fingerprint density at radius 2 is 1.90 bits per heavy atom. The molecule has 0 aliphatic rings. The Morgan fingerprint density at radius 3 is 2.67 bits per heavy atom. The molecule has 0 aliphatic carbocycles. The van der Waals surface area contributed by atoms with Crippen LogP contribution in [-0.4, -0.2) is 29.8 Å². The molecular weight excluding hydrogens is 522 g/mol. The van der Waals surface area contributed by atoms with Gasteiger partial charge in [0.05, 0.1) is 27.5 Å². The molecule has 0 radical (unpaired) electrons. The average Bonchev–Trinajstić information content (AvgIpc) is 3.60. The number of hydrogen-bond donors (Lipinski definition) is 2. The van der Waals surface area contributed by atoms with E-state index in [4.69, 9.17) is 5.73 Å². The number of para-hydroxylation sites is 1. The van der Waals surface area contributed by atoms with Crippen molar-refractivity contribution >= 4 is 39.5 Å². The van der Waals surface area contributed by atoms with E-state index >= 15 is 0 Å². The minimum Gasteiger partial charge on any atom is -0.383 e. The highest BCUT2D eigenvalue weighted by molar-refractivity contribution is 7.12. The summed E-state index contributed by atoms with van der Waals surface area (Å²) < 4.78 is 3.25. The number of fused-ring (bicyclic) bond motifs is 2. The molecule has 3 N–H and O–H groups in total. The number of nitrogens with two attached hydrogens (primary N) is 1. The van der Waals surface area contributed by atoms with Crippen molar-refractivity contribution in [3.8, 4) is 17.5 Å². The number of hydrogen-bond acceptors (Lipinski definition) is 7. The quantitative estimate of drug-likeness (QED) is 0.319. The molecular formula is C30H23N7O2S. The zero-order valence-electron chi connectivity index (χ0n) is 21.6. The van der Waals surface area contributed by atoms with Crippen molar-refractivity contribution in [2.45, 2.75) is 19.9 Å². The van der Waals surface area contributed by atoms with Gasteiger partial charge >= 0.3 is 0 Å². The number of nitrogen functional groups attached to an aromatic ring is 1. The van der Waals surface area contributed by atoms with Gasteiger partial charge in [-0.1, -0.05) is 36.3 Å². The molecule has 0 fully saturated rings. The molecule has 6 aromatic rings. The SMILES string of the molecule is Cc1ncc(C#Cc2cccc3cc([C@H](C)NC(=O)c4c(N)ncn5ccnc45)n(-c4ccccc4)c(=O)c23)s1. The summed E-state index contributed by atoms with van der Waals surface area (Å²) in [5, 5.41) is 5.14. The number of benzene rings is 2. The predicted octanol–water partition coefficient (Wildman–Crippen LogP) is 4.27.